The Bertz CT molecular complexity index is 857. The molecule has 156 valence electrons. The molecule has 0 fully saturated rings. The molecule has 2 aromatic rings. The zero-order valence-electron chi connectivity index (χ0n) is 17.0. The zero-order chi connectivity index (χ0) is 21.4. The molecule has 0 bridgehead atoms. The number of carbonyl (C=O) groups is 2. The Kier molecular flexibility index (Phi) is 8.22. The molecule has 0 aliphatic rings. The van der Waals surface area contributed by atoms with Gasteiger partial charge in [0.25, 0.3) is 0 Å². The van der Waals surface area contributed by atoms with E-state index in [9.17, 15) is 9.59 Å². The van der Waals surface area contributed by atoms with E-state index in [4.69, 9.17) is 18.9 Å². The lowest BCUT2D eigenvalue weighted by atomic mass is 9.86. The fourth-order valence-electron chi connectivity index (χ4n) is 2.50. The van der Waals surface area contributed by atoms with E-state index in [1.807, 2.05) is 18.2 Å². The van der Waals surface area contributed by atoms with Crippen LogP contribution < -0.4 is 9.47 Å². The molecule has 6 nitrogen and oxygen atoms in total. The molecule has 0 atom stereocenters. The fraction of sp³-hybridized carbons (Fsp3) is 0.364. The average molecular weight is 465 g/mol. The number of methoxy groups -OCH3 is 1. The summed E-state index contributed by atoms with van der Waals surface area (Å²) in [5, 5.41) is 0. The van der Waals surface area contributed by atoms with Gasteiger partial charge in [-0.1, -0.05) is 42.8 Å². The minimum absolute atomic E-state index is 0.149. The number of carbonyl (C=O) groups excluding carboxylic acids is 2. The molecule has 0 radical (unpaired) electrons. The number of esters is 2. The third-order valence-corrected chi connectivity index (χ3v) is 4.41. The summed E-state index contributed by atoms with van der Waals surface area (Å²) < 4.78 is 21.8. The van der Waals surface area contributed by atoms with E-state index < -0.39 is 11.9 Å². The molecule has 0 N–H and O–H groups in total. The predicted molar refractivity (Wildman–Crippen MR) is 113 cm³/mol. The summed E-state index contributed by atoms with van der Waals surface area (Å²) >= 11 is 3.46. The monoisotopic (exact) mass is 464 g/mol. The molecular weight excluding hydrogens is 440 g/mol. The van der Waals surface area contributed by atoms with Crippen LogP contribution >= 0.6 is 15.9 Å². The Balaban J connectivity index is 1.99. The van der Waals surface area contributed by atoms with Crippen molar-refractivity contribution in [3.05, 3.63) is 58.1 Å². The van der Waals surface area contributed by atoms with E-state index >= 15 is 0 Å². The Morgan fingerprint density at radius 1 is 1.03 bits per heavy atom. The maximum atomic E-state index is 12.2. The van der Waals surface area contributed by atoms with Crippen LogP contribution in [-0.2, 0) is 19.7 Å². The van der Waals surface area contributed by atoms with E-state index in [2.05, 4.69) is 36.7 Å². The standard InChI is InChI=1S/C22H25BrO6/c1-22(2,3)18-13-16(23)8-9-19(18)28-14-20(24)29-17-7-5-6-15(12-17)21(25)27-11-10-26-4/h5-9,12-13H,10-11,14H2,1-4H3. The van der Waals surface area contributed by atoms with Crippen molar-refractivity contribution in [3.63, 3.8) is 0 Å². The van der Waals surface area contributed by atoms with Crippen molar-refractivity contribution in [2.75, 3.05) is 26.9 Å². The minimum atomic E-state index is -0.572. The lowest BCUT2D eigenvalue weighted by molar-refractivity contribution is -0.136. The van der Waals surface area contributed by atoms with Gasteiger partial charge in [0.05, 0.1) is 12.2 Å². The van der Waals surface area contributed by atoms with Crippen molar-refractivity contribution in [3.8, 4) is 11.5 Å². The van der Waals surface area contributed by atoms with Gasteiger partial charge in [0.2, 0.25) is 0 Å². The van der Waals surface area contributed by atoms with Crippen LogP contribution in [0.15, 0.2) is 46.9 Å². The van der Waals surface area contributed by atoms with E-state index in [0.717, 1.165) is 10.0 Å². The average Bonchev–Trinajstić information content (AvgIpc) is 2.66. The second-order valence-corrected chi connectivity index (χ2v) is 8.23. The zero-order valence-corrected chi connectivity index (χ0v) is 18.6. The van der Waals surface area contributed by atoms with Crippen LogP contribution in [-0.4, -0.2) is 38.9 Å². The van der Waals surface area contributed by atoms with Gasteiger partial charge in [-0.25, -0.2) is 9.59 Å². The molecule has 0 saturated carbocycles. The Labute approximate surface area is 179 Å². The second kappa shape index (κ2) is 10.4. The number of halogens is 1. The Morgan fingerprint density at radius 3 is 2.48 bits per heavy atom. The molecule has 0 spiro atoms. The summed E-state index contributed by atoms with van der Waals surface area (Å²) in [5.74, 6) is -0.224. The number of hydrogen-bond donors (Lipinski definition) is 0. The van der Waals surface area contributed by atoms with Crippen molar-refractivity contribution in [1.82, 2.24) is 0 Å². The van der Waals surface area contributed by atoms with Gasteiger partial charge in [-0.05, 0) is 41.8 Å². The summed E-state index contributed by atoms with van der Waals surface area (Å²) in [6, 6.07) is 11.9. The SMILES string of the molecule is COCCOC(=O)c1cccc(OC(=O)COc2ccc(Br)cc2C(C)(C)C)c1. The van der Waals surface area contributed by atoms with Gasteiger partial charge in [0, 0.05) is 17.1 Å². The molecule has 2 aromatic carbocycles. The molecule has 0 aliphatic carbocycles. The molecule has 0 saturated heterocycles. The van der Waals surface area contributed by atoms with Crippen molar-refractivity contribution >= 4 is 27.9 Å². The lowest BCUT2D eigenvalue weighted by Crippen LogP contribution is -2.20. The van der Waals surface area contributed by atoms with Crippen molar-refractivity contribution in [2.24, 2.45) is 0 Å². The smallest absolute Gasteiger partial charge is 0.349 e. The van der Waals surface area contributed by atoms with Crippen LogP contribution in [0.3, 0.4) is 0 Å². The molecule has 7 heteroatoms. The van der Waals surface area contributed by atoms with Crippen molar-refractivity contribution in [1.29, 1.82) is 0 Å². The summed E-state index contributed by atoms with van der Waals surface area (Å²) in [6.45, 7) is 6.40. The van der Waals surface area contributed by atoms with Gasteiger partial charge in [-0.15, -0.1) is 0 Å². The van der Waals surface area contributed by atoms with Gasteiger partial charge < -0.3 is 18.9 Å². The molecule has 0 unspecified atom stereocenters. The summed E-state index contributed by atoms with van der Waals surface area (Å²) in [6.07, 6.45) is 0. The third kappa shape index (κ3) is 7.18. The first-order valence-corrected chi connectivity index (χ1v) is 9.89. The minimum Gasteiger partial charge on any atom is -0.482 e. The molecule has 2 rings (SSSR count). The van der Waals surface area contributed by atoms with Gasteiger partial charge in [0.1, 0.15) is 18.1 Å². The van der Waals surface area contributed by atoms with E-state index in [1.165, 1.54) is 13.2 Å². The van der Waals surface area contributed by atoms with E-state index in [-0.39, 0.29) is 29.9 Å². The summed E-state index contributed by atoms with van der Waals surface area (Å²) in [7, 11) is 1.52. The third-order valence-electron chi connectivity index (χ3n) is 3.92. The van der Waals surface area contributed by atoms with Gasteiger partial charge >= 0.3 is 11.9 Å². The topological polar surface area (TPSA) is 71.1 Å². The highest BCUT2D eigenvalue weighted by Crippen LogP contribution is 2.33. The van der Waals surface area contributed by atoms with Crippen LogP contribution in [0.5, 0.6) is 11.5 Å². The first kappa shape index (κ1) is 22.9. The van der Waals surface area contributed by atoms with Crippen LogP contribution in [0.25, 0.3) is 0 Å². The van der Waals surface area contributed by atoms with Gasteiger partial charge in [-0.3, -0.25) is 0 Å². The van der Waals surface area contributed by atoms with Crippen molar-refractivity contribution in [2.45, 2.75) is 26.2 Å². The molecule has 0 amide bonds. The van der Waals surface area contributed by atoms with E-state index in [1.54, 1.807) is 18.2 Å². The molecular formula is C22H25BrO6. The normalized spacial score (nSPS) is 11.1. The molecule has 29 heavy (non-hydrogen) atoms. The largest absolute Gasteiger partial charge is 0.482 e. The highest BCUT2D eigenvalue weighted by molar-refractivity contribution is 9.10. The molecule has 0 aromatic heterocycles. The number of hydrogen-bond acceptors (Lipinski definition) is 6. The fourth-order valence-corrected chi connectivity index (χ4v) is 2.86. The Hall–Kier alpha value is -2.38. The highest BCUT2D eigenvalue weighted by Gasteiger charge is 2.20. The van der Waals surface area contributed by atoms with Crippen LogP contribution in [0.4, 0.5) is 0 Å². The first-order chi connectivity index (χ1) is 13.7. The number of rotatable bonds is 8. The van der Waals surface area contributed by atoms with Gasteiger partial charge in [0.15, 0.2) is 6.61 Å². The maximum Gasteiger partial charge on any atom is 0.349 e. The predicted octanol–water partition coefficient (Wildman–Crippen LogP) is 4.53. The Morgan fingerprint density at radius 2 is 1.79 bits per heavy atom. The number of benzene rings is 2. The molecule has 0 heterocycles. The highest BCUT2D eigenvalue weighted by atomic mass is 79.9. The molecule has 0 aliphatic heterocycles. The van der Waals surface area contributed by atoms with Crippen LogP contribution in [0.1, 0.15) is 36.7 Å². The van der Waals surface area contributed by atoms with Crippen molar-refractivity contribution < 1.29 is 28.5 Å². The van der Waals surface area contributed by atoms with Gasteiger partial charge in [-0.2, -0.15) is 0 Å². The lowest BCUT2D eigenvalue weighted by Gasteiger charge is -2.23. The van der Waals surface area contributed by atoms with Crippen LogP contribution in [0.2, 0.25) is 0 Å². The quantitative estimate of drug-likeness (QED) is 0.324. The summed E-state index contributed by atoms with van der Waals surface area (Å²) in [4.78, 5) is 24.2. The number of ether oxygens (including phenoxy) is 4. The first-order valence-electron chi connectivity index (χ1n) is 9.10. The summed E-state index contributed by atoms with van der Waals surface area (Å²) in [5.41, 5.74) is 1.11. The maximum absolute atomic E-state index is 12.2. The second-order valence-electron chi connectivity index (χ2n) is 7.31. The van der Waals surface area contributed by atoms with E-state index in [0.29, 0.717) is 12.4 Å². The van der Waals surface area contributed by atoms with Crippen LogP contribution in [0, 0.1) is 0 Å².